The summed E-state index contributed by atoms with van der Waals surface area (Å²) in [5.41, 5.74) is 1.74. The summed E-state index contributed by atoms with van der Waals surface area (Å²) in [5, 5.41) is 15.6. The minimum Gasteiger partial charge on any atom is -0.481 e. The quantitative estimate of drug-likeness (QED) is 0.634. The zero-order valence-corrected chi connectivity index (χ0v) is 17.3. The summed E-state index contributed by atoms with van der Waals surface area (Å²) in [7, 11) is 0. The van der Waals surface area contributed by atoms with Gasteiger partial charge in [-0.1, -0.05) is 26.2 Å². The summed E-state index contributed by atoms with van der Waals surface area (Å²) in [4.78, 5) is 37.6. The van der Waals surface area contributed by atoms with E-state index in [0.717, 1.165) is 56.9 Å². The van der Waals surface area contributed by atoms with Crippen molar-refractivity contribution in [2.75, 3.05) is 5.32 Å². The lowest BCUT2D eigenvalue weighted by atomic mass is 9.93. The lowest BCUT2D eigenvalue weighted by Crippen LogP contribution is -2.37. The largest absolute Gasteiger partial charge is 0.481 e. The van der Waals surface area contributed by atoms with Gasteiger partial charge in [-0.15, -0.1) is 11.3 Å². The molecular formula is C21H30N2O4S. The van der Waals surface area contributed by atoms with E-state index in [1.54, 1.807) is 6.92 Å². The highest BCUT2D eigenvalue weighted by Crippen LogP contribution is 2.38. The number of hydrogen-bond donors (Lipinski definition) is 3. The first-order valence-corrected chi connectivity index (χ1v) is 11.2. The Bertz CT molecular complexity index is 737. The number of carboxylic acids is 1. The molecule has 1 heterocycles. The molecule has 1 aromatic heterocycles. The zero-order valence-electron chi connectivity index (χ0n) is 16.5. The van der Waals surface area contributed by atoms with Gasteiger partial charge in [0.05, 0.1) is 5.56 Å². The van der Waals surface area contributed by atoms with E-state index < -0.39 is 5.97 Å². The number of amides is 2. The maximum atomic E-state index is 13.1. The maximum Gasteiger partial charge on any atom is 0.303 e. The Labute approximate surface area is 170 Å². The molecule has 2 aliphatic carbocycles. The summed E-state index contributed by atoms with van der Waals surface area (Å²) < 4.78 is 0. The lowest BCUT2D eigenvalue weighted by molar-refractivity contribution is -0.138. The smallest absolute Gasteiger partial charge is 0.303 e. The van der Waals surface area contributed by atoms with E-state index in [9.17, 15) is 14.4 Å². The first-order chi connectivity index (χ1) is 13.4. The van der Waals surface area contributed by atoms with E-state index in [1.165, 1.54) is 22.6 Å². The number of carbonyl (C=O) groups excluding carboxylic acids is 2. The van der Waals surface area contributed by atoms with Gasteiger partial charge in [-0.05, 0) is 50.0 Å². The van der Waals surface area contributed by atoms with E-state index in [-0.39, 0.29) is 36.6 Å². The molecule has 3 rings (SSSR count). The monoisotopic (exact) mass is 406 g/mol. The second kappa shape index (κ2) is 9.54. The summed E-state index contributed by atoms with van der Waals surface area (Å²) in [5.74, 6) is -1.44. The van der Waals surface area contributed by atoms with Crippen LogP contribution in [0.5, 0.6) is 0 Å². The third-order valence-electron chi connectivity index (χ3n) is 5.65. The van der Waals surface area contributed by atoms with Gasteiger partial charge in [-0.25, -0.2) is 0 Å². The van der Waals surface area contributed by atoms with Crippen molar-refractivity contribution in [3.63, 3.8) is 0 Å². The minimum absolute atomic E-state index is 0.0383. The van der Waals surface area contributed by atoms with Crippen LogP contribution in [0.4, 0.5) is 5.00 Å². The average Bonchev–Trinajstić information content (AvgIpc) is 2.99. The van der Waals surface area contributed by atoms with Crippen LogP contribution in [-0.4, -0.2) is 28.9 Å². The fraction of sp³-hybridized carbons (Fsp3) is 0.667. The standard InChI is InChI=1S/C21H30N2O4S/c1-13(12-18(25)26)11-17(24)23-21-19(15-9-5-6-10-16(15)28-21)20(27)22-14-7-3-2-4-8-14/h13-14H,2-12H2,1H3,(H,22,27)(H,23,24)(H,25,26)/t13-/m0/s1. The van der Waals surface area contributed by atoms with Gasteiger partial charge >= 0.3 is 5.97 Å². The van der Waals surface area contributed by atoms with Crippen molar-refractivity contribution in [2.45, 2.75) is 83.6 Å². The molecule has 1 aromatic rings. The number of carbonyl (C=O) groups is 3. The minimum atomic E-state index is -0.903. The molecular weight excluding hydrogens is 376 g/mol. The molecule has 3 N–H and O–H groups in total. The number of anilines is 1. The van der Waals surface area contributed by atoms with Crippen LogP contribution in [0.25, 0.3) is 0 Å². The summed E-state index contributed by atoms with van der Waals surface area (Å²) in [6.07, 6.45) is 9.68. The van der Waals surface area contributed by atoms with Crippen LogP contribution in [0.15, 0.2) is 0 Å². The fourth-order valence-corrected chi connectivity index (χ4v) is 5.57. The van der Waals surface area contributed by atoms with Crippen LogP contribution in [0.1, 0.15) is 85.5 Å². The van der Waals surface area contributed by atoms with E-state index in [0.29, 0.717) is 10.6 Å². The summed E-state index contributed by atoms with van der Waals surface area (Å²) in [6.45, 7) is 1.75. The Kier molecular flexibility index (Phi) is 7.10. The first kappa shape index (κ1) is 20.8. The molecule has 28 heavy (non-hydrogen) atoms. The lowest BCUT2D eigenvalue weighted by Gasteiger charge is -2.23. The average molecular weight is 407 g/mol. The molecule has 6 nitrogen and oxygen atoms in total. The molecule has 0 aromatic carbocycles. The Balaban J connectivity index is 1.74. The van der Waals surface area contributed by atoms with Gasteiger partial charge in [-0.2, -0.15) is 0 Å². The molecule has 0 bridgehead atoms. The van der Waals surface area contributed by atoms with E-state index in [1.807, 2.05) is 0 Å². The van der Waals surface area contributed by atoms with Crippen molar-refractivity contribution in [1.82, 2.24) is 5.32 Å². The van der Waals surface area contributed by atoms with Crippen LogP contribution in [0.3, 0.4) is 0 Å². The molecule has 0 unspecified atom stereocenters. The molecule has 7 heteroatoms. The predicted molar refractivity (Wildman–Crippen MR) is 110 cm³/mol. The van der Waals surface area contributed by atoms with Crippen LogP contribution < -0.4 is 10.6 Å². The van der Waals surface area contributed by atoms with Crippen molar-refractivity contribution < 1.29 is 19.5 Å². The van der Waals surface area contributed by atoms with Crippen molar-refractivity contribution in [3.05, 3.63) is 16.0 Å². The highest BCUT2D eigenvalue weighted by Gasteiger charge is 2.28. The molecule has 0 spiro atoms. The molecule has 1 atom stereocenters. The molecule has 0 aliphatic heterocycles. The Hall–Kier alpha value is -1.89. The molecule has 2 amide bonds. The van der Waals surface area contributed by atoms with Gasteiger partial charge < -0.3 is 15.7 Å². The van der Waals surface area contributed by atoms with Crippen LogP contribution in [0.2, 0.25) is 0 Å². The second-order valence-electron chi connectivity index (χ2n) is 8.18. The Morgan fingerprint density at radius 3 is 2.50 bits per heavy atom. The van der Waals surface area contributed by atoms with Gasteiger partial charge in [0, 0.05) is 23.8 Å². The van der Waals surface area contributed by atoms with Gasteiger partial charge in [0.25, 0.3) is 5.91 Å². The highest BCUT2D eigenvalue weighted by molar-refractivity contribution is 7.17. The van der Waals surface area contributed by atoms with Gasteiger partial charge in [0.2, 0.25) is 5.91 Å². The molecule has 0 radical (unpaired) electrons. The fourth-order valence-electron chi connectivity index (χ4n) is 4.26. The number of nitrogens with one attached hydrogen (secondary N) is 2. The van der Waals surface area contributed by atoms with E-state index >= 15 is 0 Å². The molecule has 1 fully saturated rings. The predicted octanol–water partition coefficient (Wildman–Crippen LogP) is 4.13. The molecule has 0 saturated heterocycles. The van der Waals surface area contributed by atoms with E-state index in [2.05, 4.69) is 10.6 Å². The number of thiophene rings is 1. The maximum absolute atomic E-state index is 13.1. The number of carboxylic acid groups (broad SMARTS) is 1. The first-order valence-electron chi connectivity index (χ1n) is 10.4. The van der Waals surface area contributed by atoms with Gasteiger partial charge in [-0.3, -0.25) is 14.4 Å². The number of aryl methyl sites for hydroxylation is 1. The number of rotatable bonds is 7. The SMILES string of the molecule is C[C@H](CC(=O)O)CC(=O)Nc1sc2c(c1C(=O)NC1CCCCC1)CCCC2. The Morgan fingerprint density at radius 1 is 1.07 bits per heavy atom. The summed E-state index contributed by atoms with van der Waals surface area (Å²) in [6, 6.07) is 0.222. The van der Waals surface area contributed by atoms with Crippen molar-refractivity contribution in [3.8, 4) is 0 Å². The highest BCUT2D eigenvalue weighted by atomic mass is 32.1. The van der Waals surface area contributed by atoms with Crippen molar-refractivity contribution in [2.24, 2.45) is 5.92 Å². The number of aliphatic carboxylic acids is 1. The topological polar surface area (TPSA) is 95.5 Å². The van der Waals surface area contributed by atoms with Crippen molar-refractivity contribution >= 4 is 34.1 Å². The van der Waals surface area contributed by atoms with Crippen molar-refractivity contribution in [1.29, 1.82) is 0 Å². The normalized spacial score (nSPS) is 18.2. The van der Waals surface area contributed by atoms with Gasteiger partial charge in [0.15, 0.2) is 0 Å². The molecule has 1 saturated carbocycles. The third kappa shape index (κ3) is 5.34. The van der Waals surface area contributed by atoms with Gasteiger partial charge in [0.1, 0.15) is 5.00 Å². The van der Waals surface area contributed by atoms with Crippen LogP contribution >= 0.6 is 11.3 Å². The van der Waals surface area contributed by atoms with Crippen LogP contribution in [-0.2, 0) is 22.4 Å². The molecule has 2 aliphatic rings. The van der Waals surface area contributed by atoms with E-state index in [4.69, 9.17) is 5.11 Å². The molecule has 154 valence electrons. The Morgan fingerprint density at radius 2 is 1.79 bits per heavy atom. The second-order valence-corrected chi connectivity index (χ2v) is 9.28. The zero-order chi connectivity index (χ0) is 20.1. The number of fused-ring (bicyclic) bond motifs is 1. The summed E-state index contributed by atoms with van der Waals surface area (Å²) >= 11 is 1.51. The number of hydrogen-bond acceptors (Lipinski definition) is 4. The van der Waals surface area contributed by atoms with Crippen LogP contribution in [0, 0.1) is 5.92 Å². The third-order valence-corrected chi connectivity index (χ3v) is 6.86.